The average molecular weight is 414 g/mol. The highest BCUT2D eigenvalue weighted by molar-refractivity contribution is 8.01. The number of amides is 1. The van der Waals surface area contributed by atoms with E-state index in [1.165, 1.54) is 31.0 Å². The summed E-state index contributed by atoms with van der Waals surface area (Å²) in [6.45, 7) is 3.31. The first-order chi connectivity index (χ1) is 14.1. The largest absolute Gasteiger partial charge is 0.494 e. The van der Waals surface area contributed by atoms with Crippen LogP contribution in [0.25, 0.3) is 0 Å². The quantitative estimate of drug-likeness (QED) is 0.547. The van der Waals surface area contributed by atoms with Crippen molar-refractivity contribution in [3.63, 3.8) is 0 Å². The van der Waals surface area contributed by atoms with Gasteiger partial charge in [0.1, 0.15) is 5.75 Å². The van der Waals surface area contributed by atoms with E-state index in [0.717, 1.165) is 28.3 Å². The molecule has 0 saturated carbocycles. The summed E-state index contributed by atoms with van der Waals surface area (Å²) in [6, 6.07) is 15.4. The monoisotopic (exact) mass is 413 g/mol. The van der Waals surface area contributed by atoms with Gasteiger partial charge in [0, 0.05) is 4.90 Å². The summed E-state index contributed by atoms with van der Waals surface area (Å²) in [6.07, 6.45) is 4.49. The van der Waals surface area contributed by atoms with Crippen LogP contribution < -0.4 is 9.64 Å². The van der Waals surface area contributed by atoms with Crippen molar-refractivity contribution in [3.05, 3.63) is 54.1 Å². The van der Waals surface area contributed by atoms with Crippen molar-refractivity contribution < 1.29 is 19.4 Å². The van der Waals surface area contributed by atoms with E-state index >= 15 is 0 Å². The molecule has 0 radical (unpaired) electrons. The van der Waals surface area contributed by atoms with Gasteiger partial charge in [-0.3, -0.25) is 9.59 Å². The first kappa shape index (κ1) is 21.2. The summed E-state index contributed by atoms with van der Waals surface area (Å²) in [5, 5.41) is 8.56. The molecular weight excluding hydrogens is 386 g/mol. The first-order valence-electron chi connectivity index (χ1n) is 10.1. The van der Waals surface area contributed by atoms with Crippen LogP contribution in [0.4, 0.5) is 5.69 Å². The van der Waals surface area contributed by atoms with Gasteiger partial charge in [0.2, 0.25) is 5.91 Å². The molecule has 1 heterocycles. The van der Waals surface area contributed by atoms with Crippen LogP contribution in [-0.2, 0) is 16.1 Å². The summed E-state index contributed by atoms with van der Waals surface area (Å²) < 4.78 is 5.79. The fourth-order valence-corrected chi connectivity index (χ4v) is 4.54. The first-order valence-corrected chi connectivity index (χ1v) is 11.0. The molecule has 0 saturated heterocycles. The average Bonchev–Trinajstić information content (AvgIpc) is 2.71. The summed E-state index contributed by atoms with van der Waals surface area (Å²) in [5.41, 5.74) is 1.81. The van der Waals surface area contributed by atoms with Gasteiger partial charge >= 0.3 is 5.97 Å². The van der Waals surface area contributed by atoms with Gasteiger partial charge in [-0.15, -0.1) is 11.8 Å². The second-order valence-electron chi connectivity index (χ2n) is 7.15. The molecule has 1 N–H and O–H groups in total. The number of nitrogens with zero attached hydrogens (tertiary/aromatic N) is 1. The Morgan fingerprint density at radius 1 is 1.10 bits per heavy atom. The lowest BCUT2D eigenvalue weighted by atomic mass is 10.1. The third-order valence-electron chi connectivity index (χ3n) is 4.86. The molecule has 0 aromatic heterocycles. The van der Waals surface area contributed by atoms with E-state index in [0.29, 0.717) is 13.2 Å². The molecule has 0 spiro atoms. The maximum atomic E-state index is 12.9. The Morgan fingerprint density at radius 3 is 2.59 bits per heavy atom. The lowest BCUT2D eigenvalue weighted by Gasteiger charge is -2.33. The van der Waals surface area contributed by atoms with Crippen LogP contribution in [-0.4, -0.2) is 28.8 Å². The minimum Gasteiger partial charge on any atom is -0.494 e. The highest BCUT2D eigenvalue weighted by Gasteiger charge is 2.34. The van der Waals surface area contributed by atoms with Gasteiger partial charge < -0.3 is 14.7 Å². The zero-order valence-electron chi connectivity index (χ0n) is 16.7. The van der Waals surface area contributed by atoms with E-state index in [9.17, 15) is 9.59 Å². The van der Waals surface area contributed by atoms with E-state index in [2.05, 4.69) is 6.92 Å². The number of rotatable bonds is 10. The van der Waals surface area contributed by atoms with Gasteiger partial charge in [-0.2, -0.15) is 0 Å². The van der Waals surface area contributed by atoms with Crippen LogP contribution in [0, 0.1) is 0 Å². The number of anilines is 1. The summed E-state index contributed by atoms with van der Waals surface area (Å²) >= 11 is 1.33. The maximum absolute atomic E-state index is 12.9. The van der Waals surface area contributed by atoms with Crippen molar-refractivity contribution >= 4 is 29.3 Å². The lowest BCUT2D eigenvalue weighted by molar-refractivity contribution is -0.138. The zero-order valence-corrected chi connectivity index (χ0v) is 17.5. The molecular formula is C23H27NO4S. The van der Waals surface area contributed by atoms with Crippen molar-refractivity contribution in [2.75, 3.05) is 11.5 Å². The maximum Gasteiger partial charge on any atom is 0.305 e. The fourth-order valence-electron chi connectivity index (χ4n) is 3.32. The van der Waals surface area contributed by atoms with E-state index in [1.54, 1.807) is 4.90 Å². The molecule has 5 nitrogen and oxygen atoms in total. The molecule has 1 aliphatic rings. The molecule has 2 aromatic carbocycles. The van der Waals surface area contributed by atoms with E-state index in [-0.39, 0.29) is 12.3 Å². The molecule has 0 bridgehead atoms. The highest BCUT2D eigenvalue weighted by atomic mass is 32.2. The number of carbonyl (C=O) groups excluding carboxylic acids is 1. The van der Waals surface area contributed by atoms with Crippen LogP contribution in [0.5, 0.6) is 5.75 Å². The van der Waals surface area contributed by atoms with Crippen LogP contribution in [0.15, 0.2) is 53.4 Å². The smallest absolute Gasteiger partial charge is 0.305 e. The fraction of sp³-hybridized carbons (Fsp3) is 0.391. The third kappa shape index (κ3) is 5.76. The number of aliphatic carboxylic acids is 1. The van der Waals surface area contributed by atoms with Crippen molar-refractivity contribution in [1.82, 2.24) is 0 Å². The Kier molecular flexibility index (Phi) is 7.58. The molecule has 2 aromatic rings. The van der Waals surface area contributed by atoms with E-state index in [1.807, 2.05) is 48.5 Å². The van der Waals surface area contributed by atoms with Crippen molar-refractivity contribution in [3.8, 4) is 5.75 Å². The second kappa shape index (κ2) is 10.3. The Hall–Kier alpha value is -2.47. The Balaban J connectivity index is 1.67. The normalized spacial score (nSPS) is 15.8. The predicted molar refractivity (Wildman–Crippen MR) is 116 cm³/mol. The lowest BCUT2D eigenvalue weighted by Crippen LogP contribution is -2.41. The summed E-state index contributed by atoms with van der Waals surface area (Å²) in [4.78, 5) is 26.7. The molecule has 1 unspecified atom stereocenters. The zero-order chi connectivity index (χ0) is 20.6. The van der Waals surface area contributed by atoms with Gasteiger partial charge in [0.05, 0.1) is 30.5 Å². The molecule has 3 rings (SSSR count). The molecule has 1 atom stereocenters. The van der Waals surface area contributed by atoms with Gasteiger partial charge in [0.25, 0.3) is 0 Å². The number of hydrogen-bond acceptors (Lipinski definition) is 4. The number of ether oxygens (including phenoxy) is 1. The van der Waals surface area contributed by atoms with Gasteiger partial charge in [-0.05, 0) is 36.2 Å². The number of fused-ring (bicyclic) bond motifs is 1. The van der Waals surface area contributed by atoms with Crippen molar-refractivity contribution in [1.29, 1.82) is 0 Å². The van der Waals surface area contributed by atoms with Crippen LogP contribution in [0.3, 0.4) is 0 Å². The minimum atomic E-state index is -0.962. The standard InChI is InChI=1S/C23H27NO4S/c1-2-3-4-7-14-28-18-12-10-17(11-13-18)16-24-19-8-5-6-9-20(19)29-21(23(24)27)15-22(25)26/h5-6,8-13,21H,2-4,7,14-16H2,1H3,(H,25,26). The number of carboxylic acids is 1. The molecule has 29 heavy (non-hydrogen) atoms. The van der Waals surface area contributed by atoms with Crippen LogP contribution in [0.1, 0.15) is 44.6 Å². The highest BCUT2D eigenvalue weighted by Crippen LogP contribution is 2.40. The van der Waals surface area contributed by atoms with Gasteiger partial charge in [-0.1, -0.05) is 50.5 Å². The number of carbonyl (C=O) groups is 2. The number of para-hydroxylation sites is 1. The van der Waals surface area contributed by atoms with Crippen molar-refractivity contribution in [2.45, 2.75) is 55.7 Å². The second-order valence-corrected chi connectivity index (χ2v) is 8.39. The number of benzene rings is 2. The number of carboxylic acid groups (broad SMARTS) is 1. The topological polar surface area (TPSA) is 66.8 Å². The van der Waals surface area contributed by atoms with Crippen LogP contribution in [0.2, 0.25) is 0 Å². The molecule has 6 heteroatoms. The SMILES string of the molecule is CCCCCCOc1ccc(CN2C(=O)C(CC(=O)O)Sc3ccccc32)cc1. The van der Waals surface area contributed by atoms with Crippen LogP contribution >= 0.6 is 11.8 Å². The summed E-state index contributed by atoms with van der Waals surface area (Å²) in [5.74, 6) is -0.294. The minimum absolute atomic E-state index is 0.160. The van der Waals surface area contributed by atoms with Gasteiger partial charge in [-0.25, -0.2) is 0 Å². The molecule has 1 aliphatic heterocycles. The Labute approximate surface area is 176 Å². The number of hydrogen-bond donors (Lipinski definition) is 1. The molecule has 154 valence electrons. The molecule has 0 aliphatic carbocycles. The van der Waals surface area contributed by atoms with Crippen molar-refractivity contribution in [2.24, 2.45) is 0 Å². The number of unbranched alkanes of at least 4 members (excludes halogenated alkanes) is 3. The van der Waals surface area contributed by atoms with E-state index in [4.69, 9.17) is 9.84 Å². The predicted octanol–water partition coefficient (Wildman–Crippen LogP) is 5.13. The van der Waals surface area contributed by atoms with Gasteiger partial charge in [0.15, 0.2) is 0 Å². The third-order valence-corrected chi connectivity index (χ3v) is 6.11. The molecule has 1 amide bonds. The Bertz CT molecular complexity index is 837. The van der Waals surface area contributed by atoms with E-state index < -0.39 is 11.2 Å². The molecule has 0 fully saturated rings. The Morgan fingerprint density at radius 2 is 1.86 bits per heavy atom. The summed E-state index contributed by atoms with van der Waals surface area (Å²) in [7, 11) is 0. The number of thioether (sulfide) groups is 1.